The van der Waals surface area contributed by atoms with Gasteiger partial charge in [0.05, 0.1) is 24.0 Å². The van der Waals surface area contributed by atoms with Crippen molar-refractivity contribution in [1.29, 1.82) is 0 Å². The normalized spacial score (nSPS) is 34.5. The Morgan fingerprint density at radius 2 is 1.63 bits per heavy atom. The molecule has 2 amide bonds. The third kappa shape index (κ3) is 8.93. The summed E-state index contributed by atoms with van der Waals surface area (Å²) in [5.74, 6) is -2.39. The molecule has 2 aliphatic rings. The molecule has 41 heavy (non-hydrogen) atoms. The Morgan fingerprint density at radius 1 is 0.951 bits per heavy atom. The van der Waals surface area contributed by atoms with E-state index in [0.717, 1.165) is 6.08 Å². The molecule has 0 saturated carbocycles. The lowest BCUT2D eigenvalue weighted by Crippen LogP contribution is -2.41. The zero-order valence-electron chi connectivity index (χ0n) is 25.2. The van der Waals surface area contributed by atoms with E-state index in [0.29, 0.717) is 12.0 Å². The number of methoxy groups -OCH3 is 4. The van der Waals surface area contributed by atoms with Crippen LogP contribution in [0.4, 0.5) is 4.79 Å². The second-order valence-corrected chi connectivity index (χ2v) is 10.6. The number of fused-ring (bicyclic) bond motifs is 2. The molecule has 1 aliphatic carbocycles. The van der Waals surface area contributed by atoms with Gasteiger partial charge in [-0.1, -0.05) is 39.0 Å². The highest BCUT2D eigenvalue weighted by Gasteiger charge is 2.36. The van der Waals surface area contributed by atoms with Gasteiger partial charge in [-0.25, -0.2) is 4.79 Å². The Labute approximate surface area is 242 Å². The summed E-state index contributed by atoms with van der Waals surface area (Å²) in [6.07, 6.45) is 4.31. The molecule has 2 bridgehead atoms. The molecule has 0 aromatic carbocycles. The van der Waals surface area contributed by atoms with Gasteiger partial charge in [0, 0.05) is 51.9 Å². The standard InChI is InChI=1S/C30H44N2O9/c1-16-10-9-11-23(37-5)28(41-30(31)36)18(3)12-17(2)27(40-8)24(38-6)13-19(4)26(39-7)21-14-20(33)15-22(25(21)34)32-29(16)35/h9,11-12,14-17,19,23-24,26-28H,10,13H2,1-8H3,(H2,31,36)(H,32,35)/b11-9-,18-12+/t16?,17-,19-,23-,24-,26+,27+,28-/m0/s1. The van der Waals surface area contributed by atoms with Gasteiger partial charge in [0.25, 0.3) is 0 Å². The van der Waals surface area contributed by atoms with Crippen molar-refractivity contribution in [3.63, 3.8) is 0 Å². The van der Waals surface area contributed by atoms with Crippen LogP contribution in [0.5, 0.6) is 0 Å². The Bertz CT molecular complexity index is 1090. The summed E-state index contributed by atoms with van der Waals surface area (Å²) in [6, 6.07) is 0. The van der Waals surface area contributed by atoms with Crippen LogP contribution < -0.4 is 11.1 Å². The van der Waals surface area contributed by atoms with Crippen molar-refractivity contribution in [3.8, 4) is 0 Å². The zero-order chi connectivity index (χ0) is 30.9. The van der Waals surface area contributed by atoms with Crippen LogP contribution in [0.3, 0.4) is 0 Å². The molecule has 0 radical (unpaired) electrons. The van der Waals surface area contributed by atoms with Crippen LogP contribution in [0.1, 0.15) is 40.5 Å². The highest BCUT2D eigenvalue weighted by molar-refractivity contribution is 6.21. The molecule has 11 nitrogen and oxygen atoms in total. The average Bonchev–Trinajstić information content (AvgIpc) is 2.91. The number of Topliss-reactive ketones (excluding diaryl/α,β-unsaturated/α-hetero) is 1. The molecular weight excluding hydrogens is 532 g/mol. The highest BCUT2D eigenvalue weighted by atomic mass is 16.6. The third-order valence-electron chi connectivity index (χ3n) is 7.54. The summed E-state index contributed by atoms with van der Waals surface area (Å²) in [6.45, 7) is 7.34. The molecule has 0 aromatic heterocycles. The van der Waals surface area contributed by atoms with E-state index in [-0.39, 0.29) is 29.5 Å². The lowest BCUT2D eigenvalue weighted by molar-refractivity contribution is -0.125. The van der Waals surface area contributed by atoms with E-state index in [1.807, 2.05) is 26.8 Å². The van der Waals surface area contributed by atoms with Crippen LogP contribution in [0, 0.1) is 17.8 Å². The summed E-state index contributed by atoms with van der Waals surface area (Å²) in [5, 5.41) is 2.61. The number of nitrogens with two attached hydrogens (primary N) is 1. The molecule has 8 atom stereocenters. The average molecular weight is 577 g/mol. The maximum Gasteiger partial charge on any atom is 0.405 e. The van der Waals surface area contributed by atoms with Gasteiger partial charge in [-0.15, -0.1) is 0 Å². The van der Waals surface area contributed by atoms with Crippen molar-refractivity contribution >= 4 is 23.6 Å². The van der Waals surface area contributed by atoms with E-state index in [4.69, 9.17) is 29.4 Å². The Hall–Kier alpha value is -3.12. The molecule has 1 heterocycles. The molecule has 3 N–H and O–H groups in total. The summed E-state index contributed by atoms with van der Waals surface area (Å²) < 4.78 is 28.5. The van der Waals surface area contributed by atoms with Crippen LogP contribution in [0.15, 0.2) is 47.2 Å². The van der Waals surface area contributed by atoms with Gasteiger partial charge >= 0.3 is 6.09 Å². The zero-order valence-corrected chi connectivity index (χ0v) is 25.2. The topological polar surface area (TPSA) is 152 Å². The number of ketones is 2. The Balaban J connectivity index is 2.60. The monoisotopic (exact) mass is 576 g/mol. The maximum atomic E-state index is 13.4. The molecule has 228 valence electrons. The number of hydrogen-bond acceptors (Lipinski definition) is 9. The number of carbonyl (C=O) groups excluding carboxylic acids is 4. The SMILES string of the molecule is CO[C@H]1[C@@H](OC)C[C@H](C)[C@@H](OC)C2=CC(=O)C=C(NC(=O)C(C)C/C=C\[C@H](OC)[C@@H](OC(N)=O)/C(C)=C/[C@@H]1C)C2=O. The second kappa shape index (κ2) is 15.8. The first kappa shape index (κ1) is 34.1. The van der Waals surface area contributed by atoms with Gasteiger partial charge in [0.1, 0.15) is 6.10 Å². The predicted octanol–water partition coefficient (Wildman–Crippen LogP) is 2.79. The first-order valence-electron chi connectivity index (χ1n) is 13.6. The summed E-state index contributed by atoms with van der Waals surface area (Å²) in [5.41, 5.74) is 6.14. The molecule has 11 heteroatoms. The molecule has 1 aliphatic heterocycles. The van der Waals surface area contributed by atoms with Crippen LogP contribution in [0.25, 0.3) is 0 Å². The first-order chi connectivity index (χ1) is 19.4. The highest BCUT2D eigenvalue weighted by Crippen LogP contribution is 2.30. The minimum absolute atomic E-state index is 0.100. The quantitative estimate of drug-likeness (QED) is 0.372. The van der Waals surface area contributed by atoms with Crippen molar-refractivity contribution in [2.24, 2.45) is 23.5 Å². The number of allylic oxidation sites excluding steroid dienone is 4. The molecule has 2 rings (SSSR count). The Morgan fingerprint density at radius 3 is 2.20 bits per heavy atom. The van der Waals surface area contributed by atoms with Crippen LogP contribution in [-0.4, -0.2) is 82.5 Å². The molecule has 0 spiro atoms. The van der Waals surface area contributed by atoms with Crippen LogP contribution in [0.2, 0.25) is 0 Å². The summed E-state index contributed by atoms with van der Waals surface area (Å²) in [7, 11) is 6.09. The molecular formula is C30H44N2O9. The van der Waals surface area contributed by atoms with Crippen LogP contribution >= 0.6 is 0 Å². The van der Waals surface area contributed by atoms with Gasteiger partial charge in [-0.3, -0.25) is 14.4 Å². The van der Waals surface area contributed by atoms with Crippen molar-refractivity contribution in [2.45, 2.75) is 71.1 Å². The molecule has 1 unspecified atom stereocenters. The van der Waals surface area contributed by atoms with Gasteiger partial charge in [0.15, 0.2) is 11.9 Å². The molecule has 0 aromatic rings. The number of primary amides is 1. The Kier molecular flexibility index (Phi) is 13.1. The van der Waals surface area contributed by atoms with Gasteiger partial charge in [0.2, 0.25) is 11.7 Å². The fraction of sp³-hybridized carbons (Fsp3) is 0.600. The van der Waals surface area contributed by atoms with Gasteiger partial charge in [-0.2, -0.15) is 0 Å². The fourth-order valence-corrected chi connectivity index (χ4v) is 5.38. The number of rotatable bonds is 5. The first-order valence-corrected chi connectivity index (χ1v) is 13.6. The van der Waals surface area contributed by atoms with E-state index < -0.39 is 60.0 Å². The van der Waals surface area contributed by atoms with Gasteiger partial charge < -0.3 is 34.7 Å². The molecule has 0 fully saturated rings. The largest absolute Gasteiger partial charge is 0.439 e. The number of nitrogens with one attached hydrogen (secondary N) is 1. The third-order valence-corrected chi connectivity index (χ3v) is 7.54. The lowest BCUT2D eigenvalue weighted by Gasteiger charge is -2.34. The molecule has 0 saturated heterocycles. The number of carbonyl (C=O) groups is 4. The van der Waals surface area contributed by atoms with E-state index in [9.17, 15) is 19.2 Å². The van der Waals surface area contributed by atoms with Crippen molar-refractivity contribution in [3.05, 3.63) is 47.2 Å². The second-order valence-electron chi connectivity index (χ2n) is 10.6. The van der Waals surface area contributed by atoms with E-state index in [2.05, 4.69) is 5.32 Å². The van der Waals surface area contributed by atoms with E-state index >= 15 is 0 Å². The van der Waals surface area contributed by atoms with Crippen LogP contribution in [-0.2, 0) is 38.1 Å². The van der Waals surface area contributed by atoms with Gasteiger partial charge in [-0.05, 0) is 37.3 Å². The smallest absolute Gasteiger partial charge is 0.405 e. The minimum Gasteiger partial charge on any atom is -0.439 e. The number of hydrogen-bond donors (Lipinski definition) is 2. The van der Waals surface area contributed by atoms with Crippen molar-refractivity contribution in [1.82, 2.24) is 5.32 Å². The van der Waals surface area contributed by atoms with E-state index in [1.54, 1.807) is 33.3 Å². The summed E-state index contributed by atoms with van der Waals surface area (Å²) in [4.78, 5) is 50.7. The predicted molar refractivity (Wildman–Crippen MR) is 152 cm³/mol. The number of ether oxygens (including phenoxy) is 5. The summed E-state index contributed by atoms with van der Waals surface area (Å²) >= 11 is 0. The van der Waals surface area contributed by atoms with E-state index in [1.165, 1.54) is 20.3 Å². The van der Waals surface area contributed by atoms with Crippen molar-refractivity contribution < 1.29 is 42.9 Å². The fourth-order valence-electron chi connectivity index (χ4n) is 5.38. The van der Waals surface area contributed by atoms with Crippen molar-refractivity contribution in [2.75, 3.05) is 28.4 Å². The minimum atomic E-state index is -0.956. The number of amides is 2. The maximum absolute atomic E-state index is 13.4. The lowest BCUT2D eigenvalue weighted by atomic mass is 9.84.